The van der Waals surface area contributed by atoms with Gasteiger partial charge in [-0.25, -0.2) is 9.50 Å². The lowest BCUT2D eigenvalue weighted by Gasteiger charge is -2.31. The standard InChI is InChI=1S/C22H26ClN5/c23-20-8-2-1-6-17(20)14-26-11-5-7-18(15-26)22-24-21-10-9-19(16-28(21)25-22)27-12-3-4-13-27/h1-2,6,8-10,16,18H,3-5,7,11-15H2/t18-/m0/s1. The zero-order chi connectivity index (χ0) is 18.9. The molecule has 2 aliphatic rings. The summed E-state index contributed by atoms with van der Waals surface area (Å²) < 4.78 is 1.97. The van der Waals surface area contributed by atoms with Crippen molar-refractivity contribution in [1.29, 1.82) is 0 Å². The predicted molar refractivity (Wildman–Crippen MR) is 113 cm³/mol. The minimum atomic E-state index is 0.381. The molecular weight excluding hydrogens is 370 g/mol. The summed E-state index contributed by atoms with van der Waals surface area (Å²) in [5.74, 6) is 1.36. The van der Waals surface area contributed by atoms with Gasteiger partial charge in [0, 0.05) is 37.1 Å². The summed E-state index contributed by atoms with van der Waals surface area (Å²) in [5, 5.41) is 5.71. The average molecular weight is 396 g/mol. The topological polar surface area (TPSA) is 36.7 Å². The number of likely N-dealkylation sites (tertiary alicyclic amines) is 1. The van der Waals surface area contributed by atoms with E-state index in [1.54, 1.807) is 0 Å². The highest BCUT2D eigenvalue weighted by atomic mass is 35.5. The largest absolute Gasteiger partial charge is 0.370 e. The number of rotatable bonds is 4. The summed E-state index contributed by atoms with van der Waals surface area (Å²) in [6.45, 7) is 5.28. The molecule has 5 nitrogen and oxygen atoms in total. The Morgan fingerprint density at radius 3 is 2.71 bits per heavy atom. The summed E-state index contributed by atoms with van der Waals surface area (Å²) in [7, 11) is 0. The number of pyridine rings is 1. The van der Waals surface area contributed by atoms with Crippen LogP contribution >= 0.6 is 11.6 Å². The fourth-order valence-electron chi connectivity index (χ4n) is 4.50. The second kappa shape index (κ2) is 7.72. The molecule has 2 saturated heterocycles. The molecule has 146 valence electrons. The SMILES string of the molecule is Clc1ccccc1CN1CCC[C@H](c2nc3ccc(N4CCCC4)cn3n2)C1. The highest BCUT2D eigenvalue weighted by Crippen LogP contribution is 2.28. The lowest BCUT2D eigenvalue weighted by atomic mass is 9.97. The van der Waals surface area contributed by atoms with E-state index in [9.17, 15) is 0 Å². The summed E-state index contributed by atoms with van der Waals surface area (Å²) in [4.78, 5) is 9.76. The Kier molecular flexibility index (Phi) is 4.95. The van der Waals surface area contributed by atoms with Crippen LogP contribution < -0.4 is 4.90 Å². The smallest absolute Gasteiger partial charge is 0.156 e. The zero-order valence-corrected chi connectivity index (χ0v) is 16.9. The summed E-state index contributed by atoms with van der Waals surface area (Å²) in [5.41, 5.74) is 3.40. The van der Waals surface area contributed by atoms with Gasteiger partial charge in [-0.2, -0.15) is 5.10 Å². The van der Waals surface area contributed by atoms with Gasteiger partial charge in [0.05, 0.1) is 11.9 Å². The third kappa shape index (κ3) is 3.61. The minimum Gasteiger partial charge on any atom is -0.370 e. The van der Waals surface area contributed by atoms with E-state index >= 15 is 0 Å². The van der Waals surface area contributed by atoms with Gasteiger partial charge >= 0.3 is 0 Å². The Morgan fingerprint density at radius 1 is 1.00 bits per heavy atom. The molecule has 2 aliphatic heterocycles. The number of piperidine rings is 1. The summed E-state index contributed by atoms with van der Waals surface area (Å²) in [6, 6.07) is 12.4. The molecule has 0 aliphatic carbocycles. The van der Waals surface area contributed by atoms with Crippen LogP contribution in [-0.2, 0) is 6.54 Å². The molecule has 0 amide bonds. The van der Waals surface area contributed by atoms with E-state index in [2.05, 4.69) is 40.3 Å². The number of fused-ring (bicyclic) bond motifs is 1. The van der Waals surface area contributed by atoms with Gasteiger partial charge in [0.2, 0.25) is 0 Å². The third-order valence-corrected chi connectivity index (χ3v) is 6.39. The maximum Gasteiger partial charge on any atom is 0.156 e. The number of hydrogen-bond donors (Lipinski definition) is 0. The molecule has 28 heavy (non-hydrogen) atoms. The molecule has 1 atom stereocenters. The van der Waals surface area contributed by atoms with Gasteiger partial charge in [0.25, 0.3) is 0 Å². The van der Waals surface area contributed by atoms with E-state index in [1.807, 2.05) is 16.6 Å². The van der Waals surface area contributed by atoms with Crippen molar-refractivity contribution in [3.05, 3.63) is 59.0 Å². The second-order valence-electron chi connectivity index (χ2n) is 8.02. The Hall–Kier alpha value is -2.11. The molecule has 2 aromatic heterocycles. The monoisotopic (exact) mass is 395 g/mol. The number of nitrogens with zero attached hydrogens (tertiary/aromatic N) is 5. The molecule has 0 N–H and O–H groups in total. The summed E-state index contributed by atoms with van der Waals surface area (Å²) >= 11 is 6.36. The van der Waals surface area contributed by atoms with E-state index in [4.69, 9.17) is 21.7 Å². The van der Waals surface area contributed by atoms with E-state index in [-0.39, 0.29) is 0 Å². The van der Waals surface area contributed by atoms with Gasteiger partial charge in [-0.15, -0.1) is 0 Å². The van der Waals surface area contributed by atoms with Crippen molar-refractivity contribution in [2.75, 3.05) is 31.1 Å². The van der Waals surface area contributed by atoms with Crippen LogP contribution in [0.25, 0.3) is 5.65 Å². The summed E-state index contributed by atoms with van der Waals surface area (Å²) in [6.07, 6.45) is 7.02. The fourth-order valence-corrected chi connectivity index (χ4v) is 4.70. The first-order valence-corrected chi connectivity index (χ1v) is 10.7. The van der Waals surface area contributed by atoms with E-state index in [0.29, 0.717) is 5.92 Å². The Labute approximate surface area is 170 Å². The van der Waals surface area contributed by atoms with Crippen LogP contribution in [0.4, 0.5) is 5.69 Å². The first-order valence-electron chi connectivity index (χ1n) is 10.3. The molecule has 1 aromatic carbocycles. The number of hydrogen-bond acceptors (Lipinski definition) is 4. The Morgan fingerprint density at radius 2 is 1.86 bits per heavy atom. The first kappa shape index (κ1) is 18.0. The molecule has 2 fully saturated rings. The molecule has 0 unspecified atom stereocenters. The highest BCUT2D eigenvalue weighted by Gasteiger charge is 2.25. The van der Waals surface area contributed by atoms with Gasteiger partial charge < -0.3 is 4.90 Å². The molecule has 5 rings (SSSR count). The molecule has 0 saturated carbocycles. The van der Waals surface area contributed by atoms with E-state index < -0.39 is 0 Å². The van der Waals surface area contributed by atoms with Crippen LogP contribution in [0.1, 0.15) is 43.0 Å². The van der Waals surface area contributed by atoms with Crippen molar-refractivity contribution in [2.24, 2.45) is 0 Å². The van der Waals surface area contributed by atoms with Gasteiger partial charge in [0.1, 0.15) is 0 Å². The van der Waals surface area contributed by atoms with Crippen molar-refractivity contribution in [3.8, 4) is 0 Å². The van der Waals surface area contributed by atoms with Crippen molar-refractivity contribution in [1.82, 2.24) is 19.5 Å². The average Bonchev–Trinajstić information content (AvgIpc) is 3.39. The Bertz CT molecular complexity index is 962. The van der Waals surface area contributed by atoms with Crippen LogP contribution in [0.15, 0.2) is 42.6 Å². The highest BCUT2D eigenvalue weighted by molar-refractivity contribution is 6.31. The number of benzene rings is 1. The maximum absolute atomic E-state index is 6.36. The van der Waals surface area contributed by atoms with Crippen molar-refractivity contribution < 1.29 is 0 Å². The van der Waals surface area contributed by atoms with Gasteiger partial charge in [-0.1, -0.05) is 29.8 Å². The van der Waals surface area contributed by atoms with Crippen LogP contribution in [0.5, 0.6) is 0 Å². The number of anilines is 1. The lowest BCUT2D eigenvalue weighted by Crippen LogP contribution is -2.34. The normalized spacial score (nSPS) is 20.9. The number of aromatic nitrogens is 3. The molecular formula is C22H26ClN5. The second-order valence-corrected chi connectivity index (χ2v) is 8.43. The van der Waals surface area contributed by atoms with Gasteiger partial charge in [0.15, 0.2) is 11.5 Å². The molecule has 0 spiro atoms. The molecule has 0 radical (unpaired) electrons. The number of halogens is 1. The first-order chi connectivity index (χ1) is 13.8. The third-order valence-electron chi connectivity index (χ3n) is 6.03. The fraction of sp³-hybridized carbons (Fsp3) is 0.455. The van der Waals surface area contributed by atoms with Crippen molar-refractivity contribution in [3.63, 3.8) is 0 Å². The van der Waals surface area contributed by atoms with E-state index in [1.165, 1.54) is 30.5 Å². The maximum atomic E-state index is 6.36. The van der Waals surface area contributed by atoms with Crippen molar-refractivity contribution >= 4 is 22.9 Å². The van der Waals surface area contributed by atoms with Crippen LogP contribution in [0, 0.1) is 0 Å². The minimum absolute atomic E-state index is 0.381. The zero-order valence-electron chi connectivity index (χ0n) is 16.1. The molecule has 6 heteroatoms. The molecule has 4 heterocycles. The van der Waals surface area contributed by atoms with Crippen LogP contribution in [0.3, 0.4) is 0 Å². The van der Waals surface area contributed by atoms with Gasteiger partial charge in [-0.3, -0.25) is 4.90 Å². The van der Waals surface area contributed by atoms with Gasteiger partial charge in [-0.05, 0) is 56.0 Å². The molecule has 3 aromatic rings. The van der Waals surface area contributed by atoms with Crippen LogP contribution in [-0.4, -0.2) is 45.7 Å². The van der Waals surface area contributed by atoms with Crippen LogP contribution in [0.2, 0.25) is 5.02 Å². The van der Waals surface area contributed by atoms with E-state index in [0.717, 1.165) is 55.6 Å². The van der Waals surface area contributed by atoms with Crippen molar-refractivity contribution in [2.45, 2.75) is 38.1 Å². The quantitative estimate of drug-likeness (QED) is 0.657. The Balaban J connectivity index is 1.33. The molecule has 0 bridgehead atoms. The predicted octanol–water partition coefficient (Wildman–Crippen LogP) is 4.36. The lowest BCUT2D eigenvalue weighted by molar-refractivity contribution is 0.196.